The smallest absolute Gasteiger partial charge is 0.417 e. The van der Waals surface area contributed by atoms with Crippen molar-refractivity contribution >= 4 is 17.9 Å². The molecule has 2 atom stereocenters. The molecule has 0 saturated carbocycles. The van der Waals surface area contributed by atoms with Gasteiger partial charge in [-0.1, -0.05) is 13.3 Å². The van der Waals surface area contributed by atoms with E-state index in [9.17, 15) is 14.4 Å². The molecule has 1 N–H and O–H groups in total. The Balaban J connectivity index is 2.69. The van der Waals surface area contributed by atoms with Crippen molar-refractivity contribution in [2.24, 2.45) is 5.92 Å². The molecule has 1 rings (SSSR count). The monoisotopic (exact) mass is 356 g/mol. The third kappa shape index (κ3) is 7.42. The van der Waals surface area contributed by atoms with Crippen LogP contribution in [0.2, 0.25) is 0 Å². The summed E-state index contributed by atoms with van der Waals surface area (Å²) in [4.78, 5) is 37.4. The average Bonchev–Trinajstić information content (AvgIpc) is 2.84. The van der Waals surface area contributed by atoms with E-state index in [1.807, 2.05) is 0 Å². The number of carbonyl (C=O) groups is 3. The van der Waals surface area contributed by atoms with Gasteiger partial charge >= 0.3 is 6.09 Å². The van der Waals surface area contributed by atoms with Crippen LogP contribution in [0.1, 0.15) is 59.8 Å². The highest BCUT2D eigenvalue weighted by molar-refractivity contribution is 5.94. The minimum atomic E-state index is -0.637. The first-order chi connectivity index (χ1) is 11.7. The average molecular weight is 356 g/mol. The minimum Gasteiger partial charge on any atom is -0.443 e. The molecule has 1 fully saturated rings. The second-order valence-corrected chi connectivity index (χ2v) is 7.56. The van der Waals surface area contributed by atoms with Crippen LogP contribution in [0.5, 0.6) is 0 Å². The molecule has 0 aromatic carbocycles. The van der Waals surface area contributed by atoms with Crippen LogP contribution in [0.3, 0.4) is 0 Å². The van der Waals surface area contributed by atoms with Gasteiger partial charge in [0, 0.05) is 26.1 Å². The second-order valence-electron chi connectivity index (χ2n) is 7.56. The Labute approximate surface area is 150 Å². The molecule has 0 aliphatic carbocycles. The lowest BCUT2D eigenvalue weighted by Gasteiger charge is -2.29. The quantitative estimate of drug-likeness (QED) is 0.722. The zero-order chi connectivity index (χ0) is 19.0. The molecule has 0 bridgehead atoms. The van der Waals surface area contributed by atoms with Gasteiger partial charge in [0.1, 0.15) is 12.2 Å². The molecule has 0 aromatic heterocycles. The van der Waals surface area contributed by atoms with E-state index in [1.54, 1.807) is 20.8 Å². The van der Waals surface area contributed by atoms with Gasteiger partial charge in [-0.15, -0.1) is 0 Å². The van der Waals surface area contributed by atoms with Gasteiger partial charge in [-0.25, -0.2) is 9.69 Å². The highest BCUT2D eigenvalue weighted by Gasteiger charge is 2.39. The van der Waals surface area contributed by atoms with Crippen molar-refractivity contribution in [2.45, 2.75) is 71.4 Å². The number of methoxy groups -OCH3 is 1. The number of nitrogens with one attached hydrogen (secondary N) is 1. The number of ether oxygens (including phenoxy) is 2. The van der Waals surface area contributed by atoms with E-state index in [2.05, 4.69) is 12.2 Å². The van der Waals surface area contributed by atoms with Gasteiger partial charge in [-0.05, 0) is 46.0 Å². The number of likely N-dealkylation sites (tertiary alicyclic amines) is 1. The lowest BCUT2D eigenvalue weighted by Crippen LogP contribution is -2.43. The predicted molar refractivity (Wildman–Crippen MR) is 94.0 cm³/mol. The maximum Gasteiger partial charge on any atom is 0.417 e. The number of amides is 3. The second kappa shape index (κ2) is 9.75. The Kier molecular flexibility index (Phi) is 8.35. The summed E-state index contributed by atoms with van der Waals surface area (Å²) < 4.78 is 10.2. The minimum absolute atomic E-state index is 0.0325. The fourth-order valence-electron chi connectivity index (χ4n) is 3.07. The van der Waals surface area contributed by atoms with Crippen molar-refractivity contribution in [2.75, 3.05) is 20.3 Å². The lowest BCUT2D eigenvalue weighted by atomic mass is 9.94. The van der Waals surface area contributed by atoms with Crippen LogP contribution in [0.25, 0.3) is 0 Å². The summed E-state index contributed by atoms with van der Waals surface area (Å²) in [6, 6.07) is -0.168. The first-order valence-electron chi connectivity index (χ1n) is 8.98. The Morgan fingerprint density at radius 2 is 2.04 bits per heavy atom. The Morgan fingerprint density at radius 1 is 1.36 bits per heavy atom. The van der Waals surface area contributed by atoms with Crippen molar-refractivity contribution in [3.8, 4) is 0 Å². The van der Waals surface area contributed by atoms with E-state index in [1.165, 1.54) is 12.0 Å². The first kappa shape index (κ1) is 21.4. The van der Waals surface area contributed by atoms with Crippen LogP contribution in [-0.2, 0) is 19.1 Å². The van der Waals surface area contributed by atoms with Gasteiger partial charge in [0.05, 0.1) is 0 Å². The molecule has 7 heteroatoms. The molecule has 1 aliphatic heterocycles. The molecular weight excluding hydrogens is 324 g/mol. The van der Waals surface area contributed by atoms with E-state index in [0.717, 1.165) is 12.8 Å². The van der Waals surface area contributed by atoms with E-state index >= 15 is 0 Å². The molecule has 144 valence electrons. The van der Waals surface area contributed by atoms with E-state index in [0.29, 0.717) is 25.8 Å². The van der Waals surface area contributed by atoms with Crippen LogP contribution < -0.4 is 5.32 Å². The van der Waals surface area contributed by atoms with Gasteiger partial charge in [-0.3, -0.25) is 9.59 Å². The first-order valence-corrected chi connectivity index (χ1v) is 8.98. The largest absolute Gasteiger partial charge is 0.443 e. The summed E-state index contributed by atoms with van der Waals surface area (Å²) in [5.41, 5.74) is -0.637. The highest BCUT2D eigenvalue weighted by Crippen LogP contribution is 2.28. The molecule has 0 aromatic rings. The Hall–Kier alpha value is -1.63. The van der Waals surface area contributed by atoms with Crippen LogP contribution in [-0.4, -0.2) is 54.7 Å². The number of hydrogen-bond acceptors (Lipinski definition) is 5. The molecule has 7 nitrogen and oxygen atoms in total. The normalized spacial score (nSPS) is 19.0. The fourth-order valence-corrected chi connectivity index (χ4v) is 3.07. The Bertz CT molecular complexity index is 473. The third-order valence-electron chi connectivity index (χ3n) is 4.08. The van der Waals surface area contributed by atoms with Gasteiger partial charge in [0.25, 0.3) is 0 Å². The number of imide groups is 1. The summed E-state index contributed by atoms with van der Waals surface area (Å²) >= 11 is 0. The standard InChI is InChI=1S/C18H32N2O5/c1-6-7-13(11-19-15(21)12-24-5)10-14-8-9-16(22)20(14)17(23)25-18(2,3)4/h13-14H,6-12H2,1-5H3,(H,19,21). The topological polar surface area (TPSA) is 84.9 Å². The van der Waals surface area contributed by atoms with Crippen LogP contribution in [0, 0.1) is 5.92 Å². The van der Waals surface area contributed by atoms with Crippen LogP contribution in [0.15, 0.2) is 0 Å². The fraction of sp³-hybridized carbons (Fsp3) is 0.833. The van der Waals surface area contributed by atoms with Crippen molar-refractivity contribution in [1.29, 1.82) is 0 Å². The molecule has 1 saturated heterocycles. The number of carbonyl (C=O) groups excluding carboxylic acids is 3. The van der Waals surface area contributed by atoms with Gasteiger partial charge < -0.3 is 14.8 Å². The van der Waals surface area contributed by atoms with Crippen molar-refractivity contribution in [3.05, 3.63) is 0 Å². The number of nitrogens with zero attached hydrogens (tertiary/aromatic N) is 1. The predicted octanol–water partition coefficient (Wildman–Crippen LogP) is 2.48. The maximum absolute atomic E-state index is 12.4. The highest BCUT2D eigenvalue weighted by atomic mass is 16.6. The summed E-state index contributed by atoms with van der Waals surface area (Å²) in [6.45, 7) is 7.98. The zero-order valence-electron chi connectivity index (χ0n) is 16.1. The summed E-state index contributed by atoms with van der Waals surface area (Å²) in [5.74, 6) is -0.139. The molecule has 3 amide bonds. The van der Waals surface area contributed by atoms with E-state index in [-0.39, 0.29) is 30.4 Å². The number of rotatable bonds is 8. The summed E-state index contributed by atoms with van der Waals surface area (Å²) in [6.07, 6.45) is 2.99. The Morgan fingerprint density at radius 3 is 2.60 bits per heavy atom. The van der Waals surface area contributed by atoms with Crippen LogP contribution >= 0.6 is 0 Å². The van der Waals surface area contributed by atoms with Crippen molar-refractivity contribution in [1.82, 2.24) is 10.2 Å². The lowest BCUT2D eigenvalue weighted by molar-refractivity contribution is -0.128. The maximum atomic E-state index is 12.4. The summed E-state index contributed by atoms with van der Waals surface area (Å²) in [7, 11) is 1.48. The van der Waals surface area contributed by atoms with Gasteiger partial charge in [-0.2, -0.15) is 0 Å². The zero-order valence-corrected chi connectivity index (χ0v) is 16.1. The molecule has 0 radical (unpaired) electrons. The van der Waals surface area contributed by atoms with Crippen molar-refractivity contribution in [3.63, 3.8) is 0 Å². The van der Waals surface area contributed by atoms with Gasteiger partial charge in [0.15, 0.2) is 0 Å². The van der Waals surface area contributed by atoms with Crippen LogP contribution in [0.4, 0.5) is 4.79 Å². The SMILES string of the molecule is CCCC(CNC(=O)COC)CC1CCC(=O)N1C(=O)OC(C)(C)C. The van der Waals surface area contributed by atoms with Gasteiger partial charge in [0.2, 0.25) is 11.8 Å². The van der Waals surface area contributed by atoms with E-state index in [4.69, 9.17) is 9.47 Å². The number of hydrogen-bond donors (Lipinski definition) is 1. The molecule has 1 aliphatic rings. The van der Waals surface area contributed by atoms with E-state index < -0.39 is 11.7 Å². The molecular formula is C18H32N2O5. The molecule has 25 heavy (non-hydrogen) atoms. The summed E-state index contributed by atoms with van der Waals surface area (Å²) in [5, 5.41) is 2.85. The molecule has 2 unspecified atom stereocenters. The molecule has 1 heterocycles. The van der Waals surface area contributed by atoms with Crippen molar-refractivity contribution < 1.29 is 23.9 Å². The molecule has 0 spiro atoms. The third-order valence-corrected chi connectivity index (χ3v) is 4.08.